The lowest BCUT2D eigenvalue weighted by Gasteiger charge is -2.26. The normalized spacial score (nSPS) is 14.0. The molecule has 0 atom stereocenters. The zero-order valence-corrected chi connectivity index (χ0v) is 15.3. The molecule has 1 aliphatic rings. The van der Waals surface area contributed by atoms with Crippen molar-refractivity contribution in [3.8, 4) is 0 Å². The zero-order valence-electron chi connectivity index (χ0n) is 15.3. The van der Waals surface area contributed by atoms with Gasteiger partial charge < -0.3 is 20.9 Å². The predicted octanol–water partition coefficient (Wildman–Crippen LogP) is 2.28. The Balaban J connectivity index is 1.83. The van der Waals surface area contributed by atoms with E-state index in [1.54, 1.807) is 13.0 Å². The summed E-state index contributed by atoms with van der Waals surface area (Å²) in [4.78, 5) is 13.6. The van der Waals surface area contributed by atoms with Gasteiger partial charge in [0.05, 0.1) is 6.54 Å². The van der Waals surface area contributed by atoms with Crippen molar-refractivity contribution in [3.05, 3.63) is 47.2 Å². The molecule has 3 N–H and O–H groups in total. The molecule has 7 heteroatoms. The Hall–Kier alpha value is -3.09. The summed E-state index contributed by atoms with van der Waals surface area (Å²) in [6.07, 6.45) is 3.80. The molecule has 0 saturated heterocycles. The van der Waals surface area contributed by atoms with E-state index in [1.165, 1.54) is 11.9 Å². The zero-order chi connectivity index (χ0) is 18.7. The fraction of sp³-hybridized carbons (Fsp3) is 0.316. The third-order valence-corrected chi connectivity index (χ3v) is 4.67. The van der Waals surface area contributed by atoms with Gasteiger partial charge in [-0.2, -0.15) is 5.10 Å². The van der Waals surface area contributed by atoms with Crippen molar-refractivity contribution >= 4 is 29.3 Å². The monoisotopic (exact) mass is 352 g/mol. The van der Waals surface area contributed by atoms with Crippen molar-refractivity contribution in [1.29, 1.82) is 5.41 Å². The Labute approximate surface area is 153 Å². The molecule has 1 amide bonds. The van der Waals surface area contributed by atoms with Gasteiger partial charge >= 0.3 is 0 Å². The first-order valence-corrected chi connectivity index (χ1v) is 8.59. The Kier molecular flexibility index (Phi) is 5.06. The minimum atomic E-state index is 0.0902. The van der Waals surface area contributed by atoms with Crippen LogP contribution < -0.4 is 10.6 Å². The SMILES string of the molecule is CN/C(=C\C=N)c1ccc(Nc2nn(C)c3c2CN(C(C)=O)CC3)cc1. The number of anilines is 2. The number of hydrogen-bond donors (Lipinski definition) is 3. The number of carbonyl (C=O) groups is 1. The summed E-state index contributed by atoms with van der Waals surface area (Å²) in [5.41, 5.74) is 5.08. The fourth-order valence-corrected chi connectivity index (χ4v) is 3.24. The van der Waals surface area contributed by atoms with Crippen LogP contribution in [0.25, 0.3) is 5.70 Å². The average molecular weight is 352 g/mol. The van der Waals surface area contributed by atoms with Crippen LogP contribution >= 0.6 is 0 Å². The molecule has 1 aliphatic heterocycles. The van der Waals surface area contributed by atoms with Gasteiger partial charge in [0.15, 0.2) is 5.82 Å². The van der Waals surface area contributed by atoms with Crippen LogP contribution in [0.3, 0.4) is 0 Å². The number of benzene rings is 1. The van der Waals surface area contributed by atoms with Crippen LogP contribution in [0.4, 0.5) is 11.5 Å². The third kappa shape index (κ3) is 3.46. The fourth-order valence-electron chi connectivity index (χ4n) is 3.24. The molecule has 2 aromatic rings. The molecule has 0 aliphatic carbocycles. The number of nitrogens with zero attached hydrogens (tertiary/aromatic N) is 3. The summed E-state index contributed by atoms with van der Waals surface area (Å²) in [6, 6.07) is 7.95. The lowest BCUT2D eigenvalue weighted by Crippen LogP contribution is -2.34. The molecule has 2 heterocycles. The maximum atomic E-state index is 11.7. The van der Waals surface area contributed by atoms with E-state index in [0.717, 1.165) is 41.3 Å². The molecule has 7 nitrogen and oxygen atoms in total. The van der Waals surface area contributed by atoms with E-state index in [9.17, 15) is 4.79 Å². The van der Waals surface area contributed by atoms with Crippen LogP contribution in [0.1, 0.15) is 23.7 Å². The highest BCUT2D eigenvalue weighted by Crippen LogP contribution is 2.28. The van der Waals surface area contributed by atoms with Gasteiger partial charge in [0.2, 0.25) is 5.91 Å². The molecular formula is C19H24N6O. The van der Waals surface area contributed by atoms with E-state index < -0.39 is 0 Å². The Morgan fingerprint density at radius 3 is 2.65 bits per heavy atom. The van der Waals surface area contributed by atoms with Crippen molar-refractivity contribution in [3.63, 3.8) is 0 Å². The van der Waals surface area contributed by atoms with Crippen molar-refractivity contribution in [1.82, 2.24) is 20.0 Å². The smallest absolute Gasteiger partial charge is 0.219 e. The lowest BCUT2D eigenvalue weighted by atomic mass is 10.1. The van der Waals surface area contributed by atoms with Crippen LogP contribution in [0.2, 0.25) is 0 Å². The highest BCUT2D eigenvalue weighted by Gasteiger charge is 2.25. The highest BCUT2D eigenvalue weighted by molar-refractivity contribution is 5.82. The topological polar surface area (TPSA) is 86.0 Å². The Morgan fingerprint density at radius 1 is 1.31 bits per heavy atom. The molecule has 0 saturated carbocycles. The molecule has 0 bridgehead atoms. The van der Waals surface area contributed by atoms with Crippen LogP contribution in [-0.4, -0.2) is 40.4 Å². The second-order valence-electron chi connectivity index (χ2n) is 6.29. The first kappa shape index (κ1) is 17.7. The van der Waals surface area contributed by atoms with Gasteiger partial charge in [0.25, 0.3) is 0 Å². The van der Waals surface area contributed by atoms with Gasteiger partial charge in [-0.25, -0.2) is 0 Å². The minimum Gasteiger partial charge on any atom is -0.388 e. The molecule has 0 radical (unpaired) electrons. The third-order valence-electron chi connectivity index (χ3n) is 4.67. The highest BCUT2D eigenvalue weighted by atomic mass is 16.2. The van der Waals surface area contributed by atoms with E-state index in [2.05, 4.69) is 15.7 Å². The molecular weight excluding hydrogens is 328 g/mol. The first-order valence-electron chi connectivity index (χ1n) is 8.59. The number of aryl methyl sites for hydroxylation is 1. The Morgan fingerprint density at radius 2 is 2.04 bits per heavy atom. The lowest BCUT2D eigenvalue weighted by molar-refractivity contribution is -0.129. The number of nitrogens with one attached hydrogen (secondary N) is 3. The largest absolute Gasteiger partial charge is 0.388 e. The summed E-state index contributed by atoms with van der Waals surface area (Å²) in [5.74, 6) is 0.887. The second-order valence-corrected chi connectivity index (χ2v) is 6.29. The molecule has 3 rings (SSSR count). The van der Waals surface area contributed by atoms with Crippen molar-refractivity contribution in [2.45, 2.75) is 19.9 Å². The maximum absolute atomic E-state index is 11.7. The molecule has 26 heavy (non-hydrogen) atoms. The average Bonchev–Trinajstić information content (AvgIpc) is 2.95. The number of carbonyl (C=O) groups excluding carboxylic acids is 1. The summed E-state index contributed by atoms with van der Waals surface area (Å²) in [5, 5.41) is 18.3. The van der Waals surface area contributed by atoms with Crippen LogP contribution in [0.5, 0.6) is 0 Å². The summed E-state index contributed by atoms with van der Waals surface area (Å²) in [7, 11) is 3.78. The van der Waals surface area contributed by atoms with E-state index in [4.69, 9.17) is 5.41 Å². The van der Waals surface area contributed by atoms with Gasteiger partial charge in [0.1, 0.15) is 0 Å². The van der Waals surface area contributed by atoms with Gasteiger partial charge in [-0.15, -0.1) is 0 Å². The van der Waals surface area contributed by atoms with Crippen molar-refractivity contribution in [2.24, 2.45) is 7.05 Å². The van der Waals surface area contributed by atoms with Gasteiger partial charge in [-0.3, -0.25) is 9.48 Å². The minimum absolute atomic E-state index is 0.0902. The van der Waals surface area contributed by atoms with Crippen LogP contribution in [0, 0.1) is 5.41 Å². The van der Waals surface area contributed by atoms with Gasteiger partial charge in [-0.1, -0.05) is 12.1 Å². The number of fused-ring (bicyclic) bond motifs is 1. The van der Waals surface area contributed by atoms with Crippen LogP contribution in [0.15, 0.2) is 30.3 Å². The molecule has 0 unspecified atom stereocenters. The molecule has 1 aromatic carbocycles. The standard InChI is InChI=1S/C19H24N6O/c1-13(26)25-11-9-18-16(12-25)19(23-24(18)3)22-15-6-4-14(5-7-15)17(21-2)8-10-20/h4-8,10,20-21H,9,11-12H2,1-3H3,(H,22,23)/b17-8-,20-10?. The molecule has 136 valence electrons. The van der Waals surface area contributed by atoms with E-state index in [-0.39, 0.29) is 5.91 Å². The second kappa shape index (κ2) is 7.43. The number of allylic oxidation sites excluding steroid dienone is 1. The molecule has 0 fully saturated rings. The van der Waals surface area contributed by atoms with E-state index >= 15 is 0 Å². The number of rotatable bonds is 5. The van der Waals surface area contributed by atoms with Crippen LogP contribution in [-0.2, 0) is 24.8 Å². The van der Waals surface area contributed by atoms with Gasteiger partial charge in [-0.05, 0) is 23.8 Å². The number of amides is 1. The van der Waals surface area contributed by atoms with Crippen molar-refractivity contribution in [2.75, 3.05) is 18.9 Å². The summed E-state index contributed by atoms with van der Waals surface area (Å²) < 4.78 is 1.90. The number of aromatic nitrogens is 2. The summed E-state index contributed by atoms with van der Waals surface area (Å²) in [6.45, 7) is 2.93. The Bertz CT molecular complexity index is 850. The predicted molar refractivity (Wildman–Crippen MR) is 104 cm³/mol. The van der Waals surface area contributed by atoms with Crippen molar-refractivity contribution < 1.29 is 4.79 Å². The van der Waals surface area contributed by atoms with Gasteiger partial charge in [0, 0.05) is 62.8 Å². The first-order chi connectivity index (χ1) is 12.5. The quantitative estimate of drug-likeness (QED) is 0.721. The van der Waals surface area contributed by atoms with E-state index in [1.807, 2.05) is 47.9 Å². The molecule has 0 spiro atoms. The maximum Gasteiger partial charge on any atom is 0.219 e. The molecule has 1 aromatic heterocycles. The summed E-state index contributed by atoms with van der Waals surface area (Å²) >= 11 is 0. The van der Waals surface area contributed by atoms with E-state index in [0.29, 0.717) is 6.54 Å². The number of hydrogen-bond acceptors (Lipinski definition) is 5.